The van der Waals surface area contributed by atoms with Crippen molar-refractivity contribution in [1.29, 1.82) is 10.5 Å². The van der Waals surface area contributed by atoms with Crippen LogP contribution in [0.25, 0.3) is 0 Å². The van der Waals surface area contributed by atoms with Gasteiger partial charge in [-0.05, 0) is 85.0 Å². The third-order valence-corrected chi connectivity index (χ3v) is 11.4. The van der Waals surface area contributed by atoms with E-state index >= 15 is 0 Å². The van der Waals surface area contributed by atoms with Crippen LogP contribution in [0.2, 0.25) is 0 Å². The minimum absolute atomic E-state index is 0. The van der Waals surface area contributed by atoms with Gasteiger partial charge in [0.25, 0.3) is 11.4 Å². The maximum Gasteiger partial charge on any atom is 0.270 e. The number of nitro groups is 2. The van der Waals surface area contributed by atoms with Crippen molar-refractivity contribution in [3.05, 3.63) is 217 Å². The Labute approximate surface area is 368 Å². The van der Waals surface area contributed by atoms with Crippen LogP contribution >= 0.6 is 12.4 Å². The molecule has 62 heavy (non-hydrogen) atoms. The number of nitrogens with one attached hydrogen (secondary N) is 1. The summed E-state index contributed by atoms with van der Waals surface area (Å²) in [6.45, 7) is 3.96. The summed E-state index contributed by atoms with van der Waals surface area (Å²) in [5.74, 6) is 1.38. The van der Waals surface area contributed by atoms with Crippen LogP contribution in [-0.4, -0.2) is 36.0 Å². The summed E-state index contributed by atoms with van der Waals surface area (Å²) in [4.78, 5) is 22.2. The summed E-state index contributed by atoms with van der Waals surface area (Å²) < 4.78 is 12.6. The van der Waals surface area contributed by atoms with Gasteiger partial charge in [-0.3, -0.25) is 20.2 Å². The second kappa shape index (κ2) is 23.2. The van der Waals surface area contributed by atoms with Crippen molar-refractivity contribution in [2.45, 2.75) is 37.5 Å². The summed E-state index contributed by atoms with van der Waals surface area (Å²) in [7, 11) is 0. The Kier molecular flexibility index (Phi) is 17.3. The van der Waals surface area contributed by atoms with Gasteiger partial charge in [-0.1, -0.05) is 121 Å². The summed E-state index contributed by atoms with van der Waals surface area (Å²) in [5.41, 5.74) is 6.09. The Morgan fingerprint density at radius 3 is 1.32 bits per heavy atom. The Bertz CT molecular complexity index is 2360. The first-order valence-electron chi connectivity index (χ1n) is 20.5. The molecule has 0 aliphatic carbocycles. The molecule has 2 aliphatic rings. The molecule has 0 spiro atoms. The molecule has 0 aromatic heterocycles. The highest BCUT2D eigenvalue weighted by molar-refractivity contribution is 5.85. The molecular formula is C50H48ClFN6O4. The molecule has 6 aromatic carbocycles. The largest absolute Gasteiger partial charge is 0.370 e. The predicted octanol–water partition coefficient (Wildman–Crippen LogP) is 11.4. The molecule has 0 radical (unpaired) electrons. The van der Waals surface area contributed by atoms with E-state index < -0.39 is 15.7 Å². The van der Waals surface area contributed by atoms with Crippen LogP contribution in [0, 0.1) is 60.5 Å². The number of anilines is 1. The third kappa shape index (κ3) is 12.1. The molecule has 2 saturated heterocycles. The summed E-state index contributed by atoms with van der Waals surface area (Å²) in [6.07, 6.45) is 4.54. The molecule has 0 amide bonds. The van der Waals surface area contributed by atoms with Gasteiger partial charge in [0.2, 0.25) is 0 Å². The molecule has 12 heteroatoms. The van der Waals surface area contributed by atoms with Crippen LogP contribution in [0.1, 0.15) is 70.9 Å². The van der Waals surface area contributed by atoms with Gasteiger partial charge < -0.3 is 10.2 Å². The zero-order chi connectivity index (χ0) is 43.0. The normalized spacial score (nSPS) is 13.9. The minimum atomic E-state index is -0.747. The average molecular weight is 851 g/mol. The van der Waals surface area contributed by atoms with Crippen molar-refractivity contribution in [2.24, 2.45) is 11.8 Å². The zero-order valence-electron chi connectivity index (χ0n) is 34.1. The Morgan fingerprint density at radius 1 is 0.565 bits per heavy atom. The molecule has 8 rings (SSSR count). The van der Waals surface area contributed by atoms with E-state index in [-0.39, 0.29) is 29.3 Å². The highest BCUT2D eigenvalue weighted by Gasteiger charge is 2.30. The van der Waals surface area contributed by atoms with Gasteiger partial charge in [-0.15, -0.1) is 12.4 Å². The van der Waals surface area contributed by atoms with E-state index in [2.05, 4.69) is 125 Å². The molecule has 0 atom stereocenters. The van der Waals surface area contributed by atoms with E-state index in [0.717, 1.165) is 68.8 Å². The third-order valence-electron chi connectivity index (χ3n) is 11.4. The monoisotopic (exact) mass is 850 g/mol. The van der Waals surface area contributed by atoms with Gasteiger partial charge in [0.05, 0.1) is 26.7 Å². The first-order chi connectivity index (χ1) is 29.8. The molecule has 6 aromatic rings. The van der Waals surface area contributed by atoms with Crippen molar-refractivity contribution in [2.75, 3.05) is 31.1 Å². The molecule has 2 heterocycles. The lowest BCUT2D eigenvalue weighted by Gasteiger charge is -2.38. The number of nitrogens with zero attached hydrogens (tertiary/aromatic N) is 5. The standard InChI is InChI=1S/C25H23N3O2.C18H21N.C7H3FN2O2.ClH/c26-18-22-17-23(28(29)30)11-12-24(22)27-15-13-21(14-16-27)25(19-7-3-1-4-8-19)20-9-5-2-6-10-20;1-3-7-15(8-4-1)18(16-9-5-2-6-10-16)17-11-13-19-14-12-17;8-7-2-1-6(10(11)12)3-5(7)4-9;/h1-12,17,21,25H,13-16H2;1-10,17-19H,11-14H2;1-3H;1H. The lowest BCUT2D eigenvalue weighted by molar-refractivity contribution is -0.385. The summed E-state index contributed by atoms with van der Waals surface area (Å²) in [6, 6.07) is 54.3. The van der Waals surface area contributed by atoms with Gasteiger partial charge >= 0.3 is 0 Å². The number of hydrogen-bond acceptors (Lipinski definition) is 8. The highest BCUT2D eigenvalue weighted by atomic mass is 35.5. The van der Waals surface area contributed by atoms with E-state index in [9.17, 15) is 29.9 Å². The molecule has 1 N–H and O–H groups in total. The number of hydrogen-bond donors (Lipinski definition) is 1. The fourth-order valence-corrected chi connectivity index (χ4v) is 8.48. The topological polar surface area (TPSA) is 149 Å². The van der Waals surface area contributed by atoms with Crippen LogP contribution in [0.15, 0.2) is 158 Å². The fourth-order valence-electron chi connectivity index (χ4n) is 8.48. The molecule has 2 fully saturated rings. The van der Waals surface area contributed by atoms with Crippen LogP contribution in [0.5, 0.6) is 0 Å². The van der Waals surface area contributed by atoms with E-state index in [1.54, 1.807) is 6.07 Å². The van der Waals surface area contributed by atoms with Crippen molar-refractivity contribution in [3.63, 3.8) is 0 Å². The lowest BCUT2D eigenvalue weighted by atomic mass is 9.76. The van der Waals surface area contributed by atoms with Gasteiger partial charge in [0, 0.05) is 49.2 Å². The smallest absolute Gasteiger partial charge is 0.270 e. The lowest BCUT2D eigenvalue weighted by Crippen LogP contribution is -2.36. The van der Waals surface area contributed by atoms with Crippen LogP contribution in [-0.2, 0) is 0 Å². The number of benzene rings is 6. The van der Waals surface area contributed by atoms with Gasteiger partial charge in [-0.2, -0.15) is 10.5 Å². The van der Waals surface area contributed by atoms with Crippen LogP contribution in [0.4, 0.5) is 21.5 Å². The number of rotatable bonds is 9. The second-order valence-electron chi connectivity index (χ2n) is 15.1. The maximum absolute atomic E-state index is 12.6. The van der Waals surface area contributed by atoms with E-state index in [0.29, 0.717) is 23.3 Å². The fraction of sp³-hybridized carbons (Fsp3) is 0.240. The van der Waals surface area contributed by atoms with Gasteiger partial charge in [0.1, 0.15) is 18.0 Å². The minimum Gasteiger partial charge on any atom is -0.370 e. The molecule has 0 unspecified atom stereocenters. The number of nitro benzene ring substituents is 2. The molecular weight excluding hydrogens is 803 g/mol. The van der Waals surface area contributed by atoms with Gasteiger partial charge in [-0.25, -0.2) is 4.39 Å². The second-order valence-corrected chi connectivity index (χ2v) is 15.1. The van der Waals surface area contributed by atoms with Crippen molar-refractivity contribution >= 4 is 29.5 Å². The number of halogens is 2. The molecule has 0 saturated carbocycles. The Hall–Kier alpha value is -6.92. The molecule has 10 nitrogen and oxygen atoms in total. The van der Waals surface area contributed by atoms with Crippen LogP contribution < -0.4 is 10.2 Å². The highest BCUT2D eigenvalue weighted by Crippen LogP contribution is 2.40. The average Bonchev–Trinajstić information content (AvgIpc) is 3.31. The SMILES string of the molecule is Cl.N#Cc1cc([N+](=O)[O-])ccc1F.N#Cc1cc([N+](=O)[O-])ccc1N1CCC(C(c2ccccc2)c2ccccc2)CC1.c1ccc(C(c2ccccc2)C2CCNCC2)cc1. The van der Waals surface area contributed by atoms with E-state index in [1.807, 2.05) is 12.1 Å². The molecule has 316 valence electrons. The summed E-state index contributed by atoms with van der Waals surface area (Å²) >= 11 is 0. The Balaban J connectivity index is 0.000000194. The Morgan fingerprint density at radius 2 is 0.935 bits per heavy atom. The quantitative estimate of drug-likeness (QED) is 0.112. The number of piperidine rings is 2. The van der Waals surface area contributed by atoms with E-state index in [1.165, 1.54) is 53.3 Å². The molecule has 2 aliphatic heterocycles. The zero-order valence-corrected chi connectivity index (χ0v) is 34.9. The summed E-state index contributed by atoms with van der Waals surface area (Å²) in [5, 5.41) is 42.5. The molecule has 0 bridgehead atoms. The first-order valence-corrected chi connectivity index (χ1v) is 20.5. The first kappa shape index (κ1) is 46.2. The van der Waals surface area contributed by atoms with Crippen molar-refractivity contribution < 1.29 is 14.2 Å². The van der Waals surface area contributed by atoms with Crippen LogP contribution in [0.3, 0.4) is 0 Å². The van der Waals surface area contributed by atoms with Gasteiger partial charge in [0.15, 0.2) is 0 Å². The predicted molar refractivity (Wildman–Crippen MR) is 243 cm³/mol. The van der Waals surface area contributed by atoms with Crippen molar-refractivity contribution in [1.82, 2.24) is 5.32 Å². The number of non-ortho nitro benzene ring substituents is 2. The van der Waals surface area contributed by atoms with E-state index in [4.69, 9.17) is 5.26 Å². The maximum atomic E-state index is 12.6. The number of nitriles is 2. The van der Waals surface area contributed by atoms with Crippen molar-refractivity contribution in [3.8, 4) is 12.1 Å².